The molecule has 0 radical (unpaired) electrons. The summed E-state index contributed by atoms with van der Waals surface area (Å²) in [5.74, 6) is 0. The molecule has 0 amide bonds. The van der Waals surface area contributed by atoms with Crippen molar-refractivity contribution in [1.29, 1.82) is 0 Å². The van der Waals surface area contributed by atoms with Crippen molar-refractivity contribution in [3.63, 3.8) is 0 Å². The smallest absolute Gasteiger partial charge is 0.161 e. The van der Waals surface area contributed by atoms with Crippen molar-refractivity contribution < 1.29 is 4.39 Å². The van der Waals surface area contributed by atoms with Gasteiger partial charge in [-0.3, -0.25) is 0 Å². The largest absolute Gasteiger partial charge is 0.305 e. The molecular weight excluding hydrogens is 95.1 g/mol. The molecule has 0 aliphatic heterocycles. The van der Waals surface area contributed by atoms with Crippen LogP contribution in [0.5, 0.6) is 0 Å². The van der Waals surface area contributed by atoms with Crippen molar-refractivity contribution in [2.45, 2.75) is 6.30 Å². The first-order valence-corrected chi connectivity index (χ1v) is 2.17. The van der Waals surface area contributed by atoms with Gasteiger partial charge < -0.3 is 10.6 Å². The van der Waals surface area contributed by atoms with Gasteiger partial charge in [-0.15, -0.1) is 0 Å². The van der Waals surface area contributed by atoms with Crippen LogP contribution in [0.2, 0.25) is 0 Å². The molecule has 0 saturated heterocycles. The minimum Gasteiger partial charge on any atom is -0.305 e. The van der Waals surface area contributed by atoms with Crippen molar-refractivity contribution in [2.75, 3.05) is 20.6 Å². The van der Waals surface area contributed by atoms with E-state index in [1.165, 1.54) is 0 Å². The van der Waals surface area contributed by atoms with E-state index in [2.05, 4.69) is 0 Å². The summed E-state index contributed by atoms with van der Waals surface area (Å²) in [4.78, 5) is 1.70. The van der Waals surface area contributed by atoms with Crippen LogP contribution in [0.25, 0.3) is 0 Å². The third-order valence-electron chi connectivity index (χ3n) is 0.540. The highest BCUT2D eigenvalue weighted by Gasteiger charge is 1.96. The fourth-order valence-electron chi connectivity index (χ4n) is 0.349. The minimum absolute atomic E-state index is 0.306. The average Bonchev–Trinajstić information content (AvgIpc) is 1.27. The van der Waals surface area contributed by atoms with E-state index >= 15 is 0 Å². The van der Waals surface area contributed by atoms with Gasteiger partial charge in [-0.05, 0) is 14.1 Å². The second-order valence-corrected chi connectivity index (χ2v) is 1.78. The Morgan fingerprint density at radius 1 is 1.71 bits per heavy atom. The molecule has 1 unspecified atom stereocenters. The quantitative estimate of drug-likeness (QED) is 0.494. The van der Waals surface area contributed by atoms with E-state index in [1.807, 2.05) is 0 Å². The molecular formula is C4H11FN2. The van der Waals surface area contributed by atoms with E-state index in [4.69, 9.17) is 5.73 Å². The topological polar surface area (TPSA) is 29.3 Å². The van der Waals surface area contributed by atoms with Crippen LogP contribution in [0.3, 0.4) is 0 Å². The maximum absolute atomic E-state index is 11.7. The zero-order chi connectivity index (χ0) is 5.86. The van der Waals surface area contributed by atoms with Crippen LogP contribution in [-0.4, -0.2) is 31.8 Å². The predicted molar refractivity (Wildman–Crippen MR) is 27.6 cm³/mol. The van der Waals surface area contributed by atoms with E-state index < -0.39 is 6.30 Å². The highest BCUT2D eigenvalue weighted by Crippen LogP contribution is 1.80. The monoisotopic (exact) mass is 106 g/mol. The summed E-state index contributed by atoms with van der Waals surface area (Å²) in [6.45, 7) is 0.306. The highest BCUT2D eigenvalue weighted by molar-refractivity contribution is 4.47. The van der Waals surface area contributed by atoms with Gasteiger partial charge in [-0.25, -0.2) is 4.39 Å². The molecule has 0 rings (SSSR count). The van der Waals surface area contributed by atoms with Crippen LogP contribution in [0.1, 0.15) is 0 Å². The molecule has 7 heavy (non-hydrogen) atoms. The van der Waals surface area contributed by atoms with Crippen LogP contribution >= 0.6 is 0 Å². The van der Waals surface area contributed by atoms with E-state index in [1.54, 1.807) is 19.0 Å². The predicted octanol–water partition coefficient (Wildman–Crippen LogP) is -0.198. The minimum atomic E-state index is -1.20. The number of likely N-dealkylation sites (N-methyl/N-ethyl adjacent to an activating group) is 1. The molecule has 0 fully saturated rings. The molecule has 0 aromatic carbocycles. The summed E-state index contributed by atoms with van der Waals surface area (Å²) in [7, 11) is 3.55. The van der Waals surface area contributed by atoms with E-state index in [0.717, 1.165) is 0 Å². The lowest BCUT2D eigenvalue weighted by Crippen LogP contribution is -2.28. The summed E-state index contributed by atoms with van der Waals surface area (Å²) in [5, 5.41) is 0. The number of alkyl halides is 1. The molecule has 1 atom stereocenters. The summed E-state index contributed by atoms with van der Waals surface area (Å²) >= 11 is 0. The maximum Gasteiger partial charge on any atom is 0.161 e. The SMILES string of the molecule is CN(C)CC(N)F. The Labute approximate surface area is 43.1 Å². The number of hydrogen-bond acceptors (Lipinski definition) is 2. The van der Waals surface area contributed by atoms with Crippen molar-refractivity contribution in [3.05, 3.63) is 0 Å². The number of nitrogens with zero attached hydrogens (tertiary/aromatic N) is 1. The lowest BCUT2D eigenvalue weighted by atomic mass is 10.6. The standard InChI is InChI=1S/C4H11FN2/c1-7(2)3-4(5)6/h4H,3,6H2,1-2H3. The maximum atomic E-state index is 11.7. The summed E-state index contributed by atoms with van der Waals surface area (Å²) in [6.07, 6.45) is -1.20. The van der Waals surface area contributed by atoms with Crippen LogP contribution < -0.4 is 5.73 Å². The van der Waals surface area contributed by atoms with Gasteiger partial charge in [-0.1, -0.05) is 0 Å². The van der Waals surface area contributed by atoms with Crippen molar-refractivity contribution in [3.8, 4) is 0 Å². The molecule has 0 aliphatic carbocycles. The third-order valence-corrected chi connectivity index (χ3v) is 0.540. The van der Waals surface area contributed by atoms with Crippen molar-refractivity contribution in [1.82, 2.24) is 4.90 Å². The third kappa shape index (κ3) is 5.85. The van der Waals surface area contributed by atoms with Crippen molar-refractivity contribution >= 4 is 0 Å². The molecule has 0 spiro atoms. The van der Waals surface area contributed by atoms with Crippen LogP contribution in [0.15, 0.2) is 0 Å². The molecule has 2 N–H and O–H groups in total. The molecule has 0 saturated carbocycles. The molecule has 0 bridgehead atoms. The van der Waals surface area contributed by atoms with Crippen LogP contribution in [0, 0.1) is 0 Å². The van der Waals surface area contributed by atoms with Crippen LogP contribution in [0.4, 0.5) is 4.39 Å². The first-order chi connectivity index (χ1) is 3.13. The Balaban J connectivity index is 2.95. The lowest BCUT2D eigenvalue weighted by molar-refractivity contribution is 0.253. The summed E-state index contributed by atoms with van der Waals surface area (Å²) in [5.41, 5.74) is 4.78. The first kappa shape index (κ1) is 6.85. The molecule has 0 aliphatic rings. The summed E-state index contributed by atoms with van der Waals surface area (Å²) < 4.78 is 11.7. The fraction of sp³-hybridized carbons (Fsp3) is 1.00. The van der Waals surface area contributed by atoms with Gasteiger partial charge in [-0.2, -0.15) is 0 Å². The molecule has 2 nitrogen and oxygen atoms in total. The number of nitrogens with two attached hydrogens (primary N) is 1. The second kappa shape index (κ2) is 2.93. The van der Waals surface area contributed by atoms with E-state index in [-0.39, 0.29) is 0 Å². The molecule has 44 valence electrons. The van der Waals surface area contributed by atoms with E-state index in [9.17, 15) is 4.39 Å². The molecule has 0 aromatic heterocycles. The lowest BCUT2D eigenvalue weighted by Gasteiger charge is -2.08. The van der Waals surface area contributed by atoms with Gasteiger partial charge in [0.05, 0.1) is 0 Å². The second-order valence-electron chi connectivity index (χ2n) is 1.78. The summed E-state index contributed by atoms with van der Waals surface area (Å²) in [6, 6.07) is 0. The van der Waals surface area contributed by atoms with Gasteiger partial charge in [0.2, 0.25) is 0 Å². The average molecular weight is 106 g/mol. The molecule has 0 aromatic rings. The number of halogens is 1. The Hall–Kier alpha value is -0.150. The highest BCUT2D eigenvalue weighted by atomic mass is 19.1. The van der Waals surface area contributed by atoms with Gasteiger partial charge in [0.25, 0.3) is 0 Å². The zero-order valence-electron chi connectivity index (χ0n) is 4.69. The first-order valence-electron chi connectivity index (χ1n) is 2.17. The Bertz CT molecular complexity index is 39.0. The molecule has 3 heteroatoms. The van der Waals surface area contributed by atoms with Gasteiger partial charge in [0.15, 0.2) is 6.30 Å². The van der Waals surface area contributed by atoms with Gasteiger partial charge in [0, 0.05) is 6.54 Å². The molecule has 0 heterocycles. The van der Waals surface area contributed by atoms with E-state index in [0.29, 0.717) is 6.54 Å². The number of rotatable bonds is 2. The van der Waals surface area contributed by atoms with Crippen LogP contribution in [-0.2, 0) is 0 Å². The van der Waals surface area contributed by atoms with Crippen molar-refractivity contribution in [2.24, 2.45) is 5.73 Å². The Kier molecular flexibility index (Phi) is 2.87. The Morgan fingerprint density at radius 3 is 2.14 bits per heavy atom. The zero-order valence-corrected chi connectivity index (χ0v) is 4.69. The van der Waals surface area contributed by atoms with Gasteiger partial charge in [0.1, 0.15) is 0 Å². The normalized spacial score (nSPS) is 15.0. The number of hydrogen-bond donors (Lipinski definition) is 1. The van der Waals surface area contributed by atoms with Gasteiger partial charge >= 0.3 is 0 Å². The Morgan fingerprint density at radius 2 is 2.14 bits per heavy atom. The fourth-order valence-corrected chi connectivity index (χ4v) is 0.349.